The van der Waals surface area contributed by atoms with Crippen LogP contribution in [0.1, 0.15) is 36.0 Å². The molecule has 0 heterocycles. The summed E-state index contributed by atoms with van der Waals surface area (Å²) in [5, 5.41) is 2.90. The van der Waals surface area contributed by atoms with Crippen LogP contribution in [0.5, 0.6) is 5.75 Å². The van der Waals surface area contributed by atoms with E-state index in [1.807, 2.05) is 0 Å². The van der Waals surface area contributed by atoms with E-state index in [4.69, 9.17) is 5.73 Å². The van der Waals surface area contributed by atoms with Gasteiger partial charge in [0, 0.05) is 18.2 Å². The number of nitrogens with two attached hydrogens (primary N) is 1. The van der Waals surface area contributed by atoms with Gasteiger partial charge in [-0.2, -0.15) is 8.78 Å². The normalized spacial score (nSPS) is 17.0. The van der Waals surface area contributed by atoms with Gasteiger partial charge in [-0.1, -0.05) is 18.9 Å². The number of carbonyl (C=O) groups is 1. The molecule has 1 aliphatic rings. The van der Waals surface area contributed by atoms with E-state index < -0.39 is 6.61 Å². The average Bonchev–Trinajstić information content (AvgIpc) is 2.98. The molecule has 0 saturated heterocycles. The minimum absolute atomic E-state index is 0.0252. The molecule has 1 aliphatic carbocycles. The number of halogens is 2. The molecule has 0 spiro atoms. The largest absolute Gasteiger partial charge is 0.435 e. The highest BCUT2D eigenvalue weighted by molar-refractivity contribution is 5.94. The molecule has 1 atom stereocenters. The Labute approximate surface area is 122 Å². The van der Waals surface area contributed by atoms with Crippen LogP contribution in [-0.4, -0.2) is 25.1 Å². The molecule has 0 radical (unpaired) electrons. The molecule has 0 aromatic heterocycles. The van der Waals surface area contributed by atoms with Crippen molar-refractivity contribution in [2.24, 2.45) is 11.7 Å². The third kappa shape index (κ3) is 4.39. The van der Waals surface area contributed by atoms with E-state index in [9.17, 15) is 13.6 Å². The van der Waals surface area contributed by atoms with Crippen LogP contribution in [0, 0.1) is 5.92 Å². The lowest BCUT2D eigenvalue weighted by Gasteiger charge is -2.23. The number of nitrogens with one attached hydrogen (secondary N) is 1. The maximum absolute atomic E-state index is 12.2. The third-order valence-corrected chi connectivity index (χ3v) is 3.86. The van der Waals surface area contributed by atoms with Crippen molar-refractivity contribution in [2.45, 2.75) is 38.3 Å². The molecule has 1 unspecified atom stereocenters. The van der Waals surface area contributed by atoms with Crippen molar-refractivity contribution in [3.8, 4) is 5.75 Å². The van der Waals surface area contributed by atoms with Crippen LogP contribution in [0.15, 0.2) is 24.3 Å². The summed E-state index contributed by atoms with van der Waals surface area (Å²) in [7, 11) is 0. The van der Waals surface area contributed by atoms with Crippen LogP contribution in [0.4, 0.5) is 8.78 Å². The van der Waals surface area contributed by atoms with Gasteiger partial charge in [0.2, 0.25) is 0 Å². The van der Waals surface area contributed by atoms with E-state index in [1.165, 1.54) is 18.2 Å². The molecular formula is C15H20F2N2O2. The van der Waals surface area contributed by atoms with Crippen molar-refractivity contribution < 1.29 is 18.3 Å². The predicted molar refractivity (Wildman–Crippen MR) is 75.3 cm³/mol. The summed E-state index contributed by atoms with van der Waals surface area (Å²) in [5.41, 5.74) is 6.03. The monoisotopic (exact) mass is 298 g/mol. The Kier molecular flexibility index (Phi) is 5.50. The Morgan fingerprint density at radius 2 is 2.10 bits per heavy atom. The lowest BCUT2D eigenvalue weighted by Crippen LogP contribution is -2.44. The number of rotatable bonds is 6. The maximum Gasteiger partial charge on any atom is 0.387 e. The smallest absolute Gasteiger partial charge is 0.387 e. The molecule has 1 amide bonds. The summed E-state index contributed by atoms with van der Waals surface area (Å²) in [4.78, 5) is 12.2. The number of carbonyl (C=O) groups excluding carboxylic acids is 1. The molecule has 116 valence electrons. The molecule has 1 fully saturated rings. The van der Waals surface area contributed by atoms with Gasteiger partial charge in [0.1, 0.15) is 5.75 Å². The summed E-state index contributed by atoms with van der Waals surface area (Å²) >= 11 is 0. The van der Waals surface area contributed by atoms with Gasteiger partial charge in [-0.25, -0.2) is 0 Å². The van der Waals surface area contributed by atoms with Crippen LogP contribution in [0.25, 0.3) is 0 Å². The Balaban J connectivity index is 2.01. The summed E-state index contributed by atoms with van der Waals surface area (Å²) in [6, 6.07) is 5.71. The fraction of sp³-hybridized carbons (Fsp3) is 0.533. The van der Waals surface area contributed by atoms with E-state index in [-0.39, 0.29) is 17.7 Å². The second-order valence-corrected chi connectivity index (χ2v) is 5.27. The number of hydrogen-bond acceptors (Lipinski definition) is 3. The first kappa shape index (κ1) is 15.7. The first-order chi connectivity index (χ1) is 10.1. The van der Waals surface area contributed by atoms with Crippen LogP contribution < -0.4 is 15.8 Å². The highest BCUT2D eigenvalue weighted by Crippen LogP contribution is 2.27. The molecule has 3 N–H and O–H groups in total. The van der Waals surface area contributed by atoms with Crippen LogP contribution in [0.3, 0.4) is 0 Å². The van der Waals surface area contributed by atoms with E-state index in [0.717, 1.165) is 25.7 Å². The van der Waals surface area contributed by atoms with E-state index >= 15 is 0 Å². The van der Waals surface area contributed by atoms with E-state index in [1.54, 1.807) is 6.07 Å². The van der Waals surface area contributed by atoms with Gasteiger partial charge in [0.25, 0.3) is 5.91 Å². The number of amides is 1. The summed E-state index contributed by atoms with van der Waals surface area (Å²) in [6.07, 6.45) is 4.46. The van der Waals surface area contributed by atoms with Gasteiger partial charge in [-0.3, -0.25) is 4.79 Å². The van der Waals surface area contributed by atoms with Crippen molar-refractivity contribution in [2.75, 3.05) is 6.54 Å². The van der Waals surface area contributed by atoms with Gasteiger partial charge in [-0.15, -0.1) is 0 Å². The Morgan fingerprint density at radius 3 is 2.71 bits per heavy atom. The highest BCUT2D eigenvalue weighted by Gasteiger charge is 2.25. The number of alkyl halides is 2. The van der Waals surface area contributed by atoms with Crippen LogP contribution in [-0.2, 0) is 0 Å². The lowest BCUT2D eigenvalue weighted by atomic mass is 9.98. The third-order valence-electron chi connectivity index (χ3n) is 3.86. The van der Waals surface area contributed by atoms with Crippen molar-refractivity contribution in [1.29, 1.82) is 0 Å². The maximum atomic E-state index is 12.2. The lowest BCUT2D eigenvalue weighted by molar-refractivity contribution is -0.0498. The second-order valence-electron chi connectivity index (χ2n) is 5.27. The zero-order chi connectivity index (χ0) is 15.2. The minimum atomic E-state index is -2.90. The molecule has 6 heteroatoms. The minimum Gasteiger partial charge on any atom is -0.435 e. The quantitative estimate of drug-likeness (QED) is 0.848. The predicted octanol–water partition coefficient (Wildman–Crippen LogP) is 2.54. The van der Waals surface area contributed by atoms with Crippen LogP contribution >= 0.6 is 0 Å². The summed E-state index contributed by atoms with van der Waals surface area (Å²) < 4.78 is 28.7. The molecule has 0 aliphatic heterocycles. The molecule has 1 aromatic carbocycles. The van der Waals surface area contributed by atoms with Gasteiger partial charge in [0.05, 0.1) is 0 Å². The second kappa shape index (κ2) is 7.36. The number of hydrogen-bond donors (Lipinski definition) is 2. The van der Waals surface area contributed by atoms with Gasteiger partial charge in [-0.05, 0) is 37.0 Å². The zero-order valence-electron chi connectivity index (χ0n) is 11.7. The molecule has 0 bridgehead atoms. The fourth-order valence-electron chi connectivity index (χ4n) is 2.79. The Hall–Kier alpha value is -1.69. The molecule has 2 rings (SSSR count). The molecule has 21 heavy (non-hydrogen) atoms. The topological polar surface area (TPSA) is 64.3 Å². The average molecular weight is 298 g/mol. The fourth-order valence-corrected chi connectivity index (χ4v) is 2.79. The number of ether oxygens (including phenoxy) is 1. The van der Waals surface area contributed by atoms with Crippen molar-refractivity contribution in [1.82, 2.24) is 5.32 Å². The van der Waals surface area contributed by atoms with Crippen molar-refractivity contribution in [3.63, 3.8) is 0 Å². The van der Waals surface area contributed by atoms with Crippen LogP contribution in [0.2, 0.25) is 0 Å². The van der Waals surface area contributed by atoms with Gasteiger partial charge >= 0.3 is 6.61 Å². The van der Waals surface area contributed by atoms with Crippen molar-refractivity contribution in [3.05, 3.63) is 29.8 Å². The zero-order valence-corrected chi connectivity index (χ0v) is 11.7. The molecule has 1 saturated carbocycles. The molecule has 4 nitrogen and oxygen atoms in total. The van der Waals surface area contributed by atoms with E-state index in [2.05, 4.69) is 10.1 Å². The highest BCUT2D eigenvalue weighted by atomic mass is 19.3. The Morgan fingerprint density at radius 1 is 1.38 bits per heavy atom. The number of benzene rings is 1. The molecular weight excluding hydrogens is 278 g/mol. The summed E-state index contributed by atoms with van der Waals surface area (Å²) in [6.45, 7) is -2.53. The molecule has 1 aromatic rings. The van der Waals surface area contributed by atoms with Gasteiger partial charge in [0.15, 0.2) is 0 Å². The Bertz CT molecular complexity index is 476. The van der Waals surface area contributed by atoms with Crippen molar-refractivity contribution >= 4 is 5.91 Å². The van der Waals surface area contributed by atoms with E-state index in [0.29, 0.717) is 18.0 Å². The summed E-state index contributed by atoms with van der Waals surface area (Å²) in [5.74, 6) is 0.0688. The first-order valence-electron chi connectivity index (χ1n) is 7.16. The van der Waals surface area contributed by atoms with Gasteiger partial charge < -0.3 is 15.8 Å². The first-order valence-corrected chi connectivity index (χ1v) is 7.16. The SMILES string of the molecule is NCC(NC(=O)c1cccc(OC(F)F)c1)C1CCCC1. The standard InChI is InChI=1S/C15H20F2N2O2/c16-15(17)21-12-7-3-6-11(8-12)14(20)19-13(9-18)10-4-1-2-5-10/h3,6-8,10,13,15H,1-2,4-5,9,18H2,(H,19,20).